The van der Waals surface area contributed by atoms with Crippen LogP contribution in [0.25, 0.3) is 0 Å². The fraction of sp³-hybridized carbons (Fsp3) is 0.381. The molecule has 0 radical (unpaired) electrons. The summed E-state index contributed by atoms with van der Waals surface area (Å²) in [5.74, 6) is -1.52. The molecule has 2 aromatic carbocycles. The van der Waals surface area contributed by atoms with Gasteiger partial charge in [-0.05, 0) is 55.3 Å². The van der Waals surface area contributed by atoms with Crippen molar-refractivity contribution >= 4 is 27.4 Å². The van der Waals surface area contributed by atoms with E-state index in [1.54, 1.807) is 0 Å². The zero-order chi connectivity index (χ0) is 24.7. The molecule has 3 atom stereocenters. The molecule has 2 saturated heterocycles. The molecule has 0 spiro atoms. The van der Waals surface area contributed by atoms with Crippen LogP contribution in [0.2, 0.25) is 0 Å². The van der Waals surface area contributed by atoms with Gasteiger partial charge < -0.3 is 20.1 Å². The van der Waals surface area contributed by atoms with Gasteiger partial charge in [0.05, 0.1) is 23.3 Å². The molecule has 0 aliphatic carbocycles. The highest BCUT2D eigenvalue weighted by molar-refractivity contribution is 7.89. The van der Waals surface area contributed by atoms with E-state index in [0.717, 1.165) is 22.5 Å². The number of rotatable bonds is 7. The minimum absolute atomic E-state index is 0.0217. The quantitative estimate of drug-likeness (QED) is 0.340. The maximum absolute atomic E-state index is 14.7. The van der Waals surface area contributed by atoms with E-state index in [-0.39, 0.29) is 17.1 Å². The van der Waals surface area contributed by atoms with Gasteiger partial charge in [-0.2, -0.15) is 17.5 Å². The number of carbonyl (C=O) groups is 1. The van der Waals surface area contributed by atoms with E-state index < -0.39 is 52.0 Å². The first-order chi connectivity index (χ1) is 16.0. The molecule has 2 aromatic rings. The van der Waals surface area contributed by atoms with Crippen LogP contribution >= 0.6 is 0 Å². The van der Waals surface area contributed by atoms with E-state index in [2.05, 4.69) is 15.4 Å². The molecule has 184 valence electrons. The molecule has 8 nitrogen and oxygen atoms in total. The van der Waals surface area contributed by atoms with Crippen molar-refractivity contribution in [1.29, 1.82) is 0 Å². The van der Waals surface area contributed by atoms with Crippen LogP contribution in [-0.2, 0) is 30.5 Å². The number of hydrogen-bond acceptors (Lipinski definition) is 7. The summed E-state index contributed by atoms with van der Waals surface area (Å²) < 4.78 is 89.5. The Hall–Kier alpha value is -2.90. The number of methoxy groups -OCH3 is 1. The lowest BCUT2D eigenvalue weighted by atomic mass is 10.2. The molecular weight excluding hydrogens is 482 g/mol. The molecule has 4 rings (SSSR count). The molecule has 34 heavy (non-hydrogen) atoms. The predicted octanol–water partition coefficient (Wildman–Crippen LogP) is 3.38. The molecule has 0 saturated carbocycles. The first kappa shape index (κ1) is 24.2. The number of halogens is 4. The Morgan fingerprint density at radius 2 is 1.79 bits per heavy atom. The molecule has 0 bridgehead atoms. The third kappa shape index (κ3) is 4.95. The Kier molecular flexibility index (Phi) is 6.44. The third-order valence-corrected chi connectivity index (χ3v) is 7.44. The van der Waals surface area contributed by atoms with Crippen molar-refractivity contribution in [3.8, 4) is 0 Å². The first-order valence-corrected chi connectivity index (χ1v) is 11.7. The minimum Gasteiger partial charge on any atom is -0.468 e. The SMILES string of the molecule is COC(=O)[C@@H]1CCCN1S(=O)(=O)c1ccc(NC2OC2Nc2ccc(C(F)(F)F)cc2)c(F)c1. The van der Waals surface area contributed by atoms with Crippen LogP contribution in [0, 0.1) is 5.82 Å². The van der Waals surface area contributed by atoms with E-state index in [1.165, 1.54) is 31.4 Å². The standard InChI is InChI=1S/C21H21F4N3O5S/c1-32-20(29)17-3-2-10-28(17)34(30,31)14-8-9-16(15(22)11-14)27-19-18(33-19)26-13-6-4-12(5-7-13)21(23,24)25/h4-9,11,17-19,26-27H,2-3,10H2,1H3/t17-,18?,19?/m0/s1. The minimum atomic E-state index is -4.44. The lowest BCUT2D eigenvalue weighted by Crippen LogP contribution is -2.41. The summed E-state index contributed by atoms with van der Waals surface area (Å²) >= 11 is 0. The number of nitrogens with zero attached hydrogens (tertiary/aromatic N) is 1. The summed E-state index contributed by atoms with van der Waals surface area (Å²) in [4.78, 5) is 11.6. The maximum Gasteiger partial charge on any atom is 0.416 e. The third-order valence-electron chi connectivity index (χ3n) is 5.53. The fourth-order valence-electron chi connectivity index (χ4n) is 3.71. The van der Waals surface area contributed by atoms with Crippen molar-refractivity contribution in [2.45, 2.75) is 42.4 Å². The summed E-state index contributed by atoms with van der Waals surface area (Å²) in [6, 6.07) is 6.71. The Balaban J connectivity index is 1.39. The van der Waals surface area contributed by atoms with Crippen LogP contribution in [0.1, 0.15) is 18.4 Å². The van der Waals surface area contributed by atoms with Crippen molar-refractivity contribution in [3.05, 3.63) is 53.8 Å². The Bertz CT molecular complexity index is 1170. The smallest absolute Gasteiger partial charge is 0.416 e. The van der Waals surface area contributed by atoms with Gasteiger partial charge in [0, 0.05) is 12.2 Å². The normalized spacial score (nSPS) is 22.9. The number of benzene rings is 2. The number of alkyl halides is 3. The average molecular weight is 503 g/mol. The Morgan fingerprint density at radius 3 is 2.41 bits per heavy atom. The van der Waals surface area contributed by atoms with Crippen LogP contribution in [0.4, 0.5) is 28.9 Å². The highest BCUT2D eigenvalue weighted by Gasteiger charge is 2.42. The number of ether oxygens (including phenoxy) is 2. The van der Waals surface area contributed by atoms with Gasteiger partial charge in [0.15, 0.2) is 12.5 Å². The lowest BCUT2D eigenvalue weighted by Gasteiger charge is -2.22. The number of hydrogen-bond donors (Lipinski definition) is 2. The predicted molar refractivity (Wildman–Crippen MR) is 113 cm³/mol. The highest BCUT2D eigenvalue weighted by Crippen LogP contribution is 2.33. The Morgan fingerprint density at radius 1 is 1.12 bits per heavy atom. The van der Waals surface area contributed by atoms with E-state index in [0.29, 0.717) is 18.5 Å². The van der Waals surface area contributed by atoms with Crippen LogP contribution in [0.15, 0.2) is 47.4 Å². The van der Waals surface area contributed by atoms with Gasteiger partial charge in [0.25, 0.3) is 0 Å². The molecule has 2 aliphatic heterocycles. The second-order valence-electron chi connectivity index (χ2n) is 7.78. The molecule has 2 fully saturated rings. The number of nitrogens with one attached hydrogen (secondary N) is 2. The largest absolute Gasteiger partial charge is 0.468 e. The topological polar surface area (TPSA) is 100 Å². The van der Waals surface area contributed by atoms with Gasteiger partial charge in [-0.15, -0.1) is 0 Å². The number of esters is 1. The van der Waals surface area contributed by atoms with Crippen molar-refractivity contribution < 1.29 is 40.2 Å². The monoisotopic (exact) mass is 503 g/mol. The van der Waals surface area contributed by atoms with Gasteiger partial charge in [-0.25, -0.2) is 12.8 Å². The van der Waals surface area contributed by atoms with Crippen molar-refractivity contribution in [2.75, 3.05) is 24.3 Å². The summed E-state index contributed by atoms with van der Waals surface area (Å²) in [6.45, 7) is 0.122. The molecule has 13 heteroatoms. The number of anilines is 2. The Labute approximate surface area is 192 Å². The van der Waals surface area contributed by atoms with E-state index >= 15 is 0 Å². The highest BCUT2D eigenvalue weighted by atomic mass is 32.2. The van der Waals surface area contributed by atoms with Crippen molar-refractivity contribution in [1.82, 2.24) is 4.31 Å². The van der Waals surface area contributed by atoms with Gasteiger partial charge in [0.2, 0.25) is 10.0 Å². The maximum atomic E-state index is 14.7. The zero-order valence-electron chi connectivity index (χ0n) is 17.8. The van der Waals surface area contributed by atoms with E-state index in [4.69, 9.17) is 4.74 Å². The van der Waals surface area contributed by atoms with Gasteiger partial charge in [-0.1, -0.05) is 0 Å². The fourth-order valence-corrected chi connectivity index (χ4v) is 5.37. The van der Waals surface area contributed by atoms with Crippen LogP contribution in [0.5, 0.6) is 0 Å². The average Bonchev–Trinajstić information content (AvgIpc) is 3.30. The van der Waals surface area contributed by atoms with Crippen LogP contribution in [0.3, 0.4) is 0 Å². The van der Waals surface area contributed by atoms with Crippen LogP contribution in [-0.4, -0.2) is 50.8 Å². The van der Waals surface area contributed by atoms with Crippen molar-refractivity contribution in [3.63, 3.8) is 0 Å². The molecule has 2 unspecified atom stereocenters. The molecule has 2 heterocycles. The summed E-state index contributed by atoms with van der Waals surface area (Å²) in [5, 5.41) is 5.61. The molecule has 0 amide bonds. The number of epoxide rings is 1. The van der Waals surface area contributed by atoms with Crippen molar-refractivity contribution in [2.24, 2.45) is 0 Å². The van der Waals surface area contributed by atoms with Crippen LogP contribution < -0.4 is 10.6 Å². The van der Waals surface area contributed by atoms with Gasteiger partial charge in [-0.3, -0.25) is 4.79 Å². The molecular formula is C21H21F4N3O5S. The summed E-state index contributed by atoms with van der Waals surface area (Å²) in [7, 11) is -2.95. The summed E-state index contributed by atoms with van der Waals surface area (Å²) in [5.41, 5.74) is -0.421. The molecule has 2 aliphatic rings. The summed E-state index contributed by atoms with van der Waals surface area (Å²) in [6.07, 6.45) is -4.94. The second kappa shape index (κ2) is 9.04. The first-order valence-electron chi connectivity index (χ1n) is 10.3. The van der Waals surface area contributed by atoms with E-state index in [1.807, 2.05) is 0 Å². The van der Waals surface area contributed by atoms with E-state index in [9.17, 15) is 30.8 Å². The number of sulfonamides is 1. The second-order valence-corrected chi connectivity index (χ2v) is 9.67. The van der Waals surface area contributed by atoms with Gasteiger partial charge >= 0.3 is 12.1 Å². The zero-order valence-corrected chi connectivity index (χ0v) is 18.6. The molecule has 0 aromatic heterocycles. The number of carbonyl (C=O) groups excluding carboxylic acids is 1. The van der Waals surface area contributed by atoms with Gasteiger partial charge in [0.1, 0.15) is 11.9 Å². The lowest BCUT2D eigenvalue weighted by molar-refractivity contribution is -0.144. The molecule has 2 N–H and O–H groups in total.